The van der Waals surface area contributed by atoms with Crippen molar-refractivity contribution in [2.75, 3.05) is 19.6 Å². The molecule has 0 bridgehead atoms. The molecule has 3 N–H and O–H groups in total. The molecular weight excluding hydrogens is 242 g/mol. The summed E-state index contributed by atoms with van der Waals surface area (Å²) in [6.07, 6.45) is 6.11. The Balaban J connectivity index is 1.97. The Hall–Kier alpha value is -1.10. The Bertz CT molecular complexity index is 351. The molecule has 2 aliphatic rings. The minimum Gasteiger partial charge on any atom is -0.352 e. The highest BCUT2D eigenvalue weighted by molar-refractivity contribution is 5.83. The lowest BCUT2D eigenvalue weighted by Crippen LogP contribution is -2.49. The average Bonchev–Trinajstić information content (AvgIpc) is 2.86. The minimum absolute atomic E-state index is 0.0227. The molecule has 2 amide bonds. The highest BCUT2D eigenvalue weighted by Gasteiger charge is 2.42. The van der Waals surface area contributed by atoms with Crippen molar-refractivity contribution < 1.29 is 9.59 Å². The van der Waals surface area contributed by atoms with E-state index in [1.807, 2.05) is 4.90 Å². The van der Waals surface area contributed by atoms with E-state index in [-0.39, 0.29) is 23.3 Å². The van der Waals surface area contributed by atoms with Crippen LogP contribution in [0.25, 0.3) is 0 Å². The van der Waals surface area contributed by atoms with Gasteiger partial charge in [0.2, 0.25) is 11.8 Å². The smallest absolute Gasteiger partial charge is 0.230 e. The zero-order valence-corrected chi connectivity index (χ0v) is 11.8. The van der Waals surface area contributed by atoms with Crippen LogP contribution in [0.4, 0.5) is 0 Å². The van der Waals surface area contributed by atoms with E-state index >= 15 is 0 Å². The molecule has 1 unspecified atom stereocenters. The van der Waals surface area contributed by atoms with Crippen molar-refractivity contribution in [3.63, 3.8) is 0 Å². The molecule has 108 valence electrons. The van der Waals surface area contributed by atoms with Crippen molar-refractivity contribution in [2.24, 2.45) is 11.1 Å². The maximum absolute atomic E-state index is 12.7. The molecule has 0 spiro atoms. The summed E-state index contributed by atoms with van der Waals surface area (Å²) in [4.78, 5) is 25.7. The molecule has 2 fully saturated rings. The van der Waals surface area contributed by atoms with E-state index in [4.69, 9.17) is 5.73 Å². The Morgan fingerprint density at radius 2 is 2.00 bits per heavy atom. The van der Waals surface area contributed by atoms with E-state index in [0.29, 0.717) is 13.1 Å². The second-order valence-corrected chi connectivity index (χ2v) is 5.98. The van der Waals surface area contributed by atoms with Crippen LogP contribution < -0.4 is 11.1 Å². The van der Waals surface area contributed by atoms with Crippen LogP contribution in [0.15, 0.2) is 0 Å². The van der Waals surface area contributed by atoms with Gasteiger partial charge >= 0.3 is 0 Å². The van der Waals surface area contributed by atoms with Gasteiger partial charge in [-0.05, 0) is 19.3 Å². The lowest BCUT2D eigenvalue weighted by Gasteiger charge is -2.37. The Labute approximate surface area is 114 Å². The summed E-state index contributed by atoms with van der Waals surface area (Å²) in [5.41, 5.74) is 5.57. The topological polar surface area (TPSA) is 75.4 Å². The fourth-order valence-electron chi connectivity index (χ4n) is 3.42. The van der Waals surface area contributed by atoms with Crippen LogP contribution in [0.2, 0.25) is 0 Å². The summed E-state index contributed by atoms with van der Waals surface area (Å²) in [6, 6.07) is 0.111. The van der Waals surface area contributed by atoms with E-state index < -0.39 is 0 Å². The molecule has 1 heterocycles. The van der Waals surface area contributed by atoms with Crippen LogP contribution in [0.1, 0.15) is 45.4 Å². The Morgan fingerprint density at radius 3 is 2.58 bits per heavy atom. The summed E-state index contributed by atoms with van der Waals surface area (Å²) in [5, 5.41) is 2.90. The van der Waals surface area contributed by atoms with Gasteiger partial charge in [-0.15, -0.1) is 0 Å². The van der Waals surface area contributed by atoms with Crippen LogP contribution >= 0.6 is 0 Å². The highest BCUT2D eigenvalue weighted by Crippen LogP contribution is 2.37. The Morgan fingerprint density at radius 1 is 1.32 bits per heavy atom. The molecule has 0 aromatic heterocycles. The third-order valence-corrected chi connectivity index (χ3v) is 4.54. The van der Waals surface area contributed by atoms with Crippen LogP contribution in [0, 0.1) is 5.41 Å². The van der Waals surface area contributed by atoms with E-state index in [2.05, 4.69) is 5.32 Å². The molecular formula is C14H25N3O2. The number of nitrogens with two attached hydrogens (primary N) is 1. The number of nitrogens with zero attached hydrogens (tertiary/aromatic N) is 1. The molecule has 5 heteroatoms. The van der Waals surface area contributed by atoms with Crippen molar-refractivity contribution in [2.45, 2.75) is 51.5 Å². The van der Waals surface area contributed by atoms with Gasteiger partial charge in [-0.3, -0.25) is 9.59 Å². The van der Waals surface area contributed by atoms with Crippen LogP contribution in [0.3, 0.4) is 0 Å². The summed E-state index contributed by atoms with van der Waals surface area (Å²) < 4.78 is 0. The first-order valence-corrected chi connectivity index (χ1v) is 7.34. The molecule has 1 saturated carbocycles. The maximum Gasteiger partial charge on any atom is 0.230 e. The van der Waals surface area contributed by atoms with Gasteiger partial charge in [0, 0.05) is 32.6 Å². The summed E-state index contributed by atoms with van der Waals surface area (Å²) >= 11 is 0. The lowest BCUT2D eigenvalue weighted by molar-refractivity contribution is -0.142. The fraction of sp³-hybridized carbons (Fsp3) is 0.857. The molecule has 19 heavy (non-hydrogen) atoms. The van der Waals surface area contributed by atoms with Gasteiger partial charge in [0.15, 0.2) is 0 Å². The van der Waals surface area contributed by atoms with Crippen molar-refractivity contribution in [1.82, 2.24) is 10.2 Å². The predicted molar refractivity (Wildman–Crippen MR) is 73.4 cm³/mol. The SMILES string of the molecule is CC(=O)NC1CCN(C(=O)C2(CN)CCCCC2)C1. The average molecular weight is 267 g/mol. The molecule has 1 saturated heterocycles. The molecule has 1 atom stereocenters. The van der Waals surface area contributed by atoms with Crippen LogP contribution in [-0.4, -0.2) is 42.4 Å². The number of hydrogen-bond acceptors (Lipinski definition) is 3. The van der Waals surface area contributed by atoms with Gasteiger partial charge in [-0.2, -0.15) is 0 Å². The van der Waals surface area contributed by atoms with Gasteiger partial charge in [-0.25, -0.2) is 0 Å². The molecule has 5 nitrogen and oxygen atoms in total. The first kappa shape index (κ1) is 14.3. The number of nitrogens with one attached hydrogen (secondary N) is 1. The maximum atomic E-state index is 12.7. The number of amides is 2. The second kappa shape index (κ2) is 5.90. The number of carbonyl (C=O) groups excluding carboxylic acids is 2. The van der Waals surface area contributed by atoms with E-state index in [9.17, 15) is 9.59 Å². The van der Waals surface area contributed by atoms with Gasteiger partial charge < -0.3 is 16.0 Å². The summed E-state index contributed by atoms with van der Waals surface area (Å²) in [7, 11) is 0. The highest BCUT2D eigenvalue weighted by atomic mass is 16.2. The summed E-state index contributed by atoms with van der Waals surface area (Å²) in [6.45, 7) is 3.35. The Kier molecular flexibility index (Phi) is 4.45. The summed E-state index contributed by atoms with van der Waals surface area (Å²) in [5.74, 6) is 0.188. The van der Waals surface area contributed by atoms with E-state index in [1.54, 1.807) is 0 Å². The van der Waals surface area contributed by atoms with Gasteiger partial charge in [-0.1, -0.05) is 19.3 Å². The minimum atomic E-state index is -0.330. The molecule has 0 aromatic carbocycles. The molecule has 1 aliphatic heterocycles. The molecule has 1 aliphatic carbocycles. The zero-order valence-electron chi connectivity index (χ0n) is 11.8. The zero-order chi connectivity index (χ0) is 13.9. The second-order valence-electron chi connectivity index (χ2n) is 5.98. The van der Waals surface area contributed by atoms with Crippen LogP contribution in [0.5, 0.6) is 0 Å². The molecule has 0 aromatic rings. The fourth-order valence-corrected chi connectivity index (χ4v) is 3.42. The number of likely N-dealkylation sites (tertiary alicyclic amines) is 1. The van der Waals surface area contributed by atoms with Gasteiger partial charge in [0.25, 0.3) is 0 Å². The number of carbonyl (C=O) groups is 2. The number of hydrogen-bond donors (Lipinski definition) is 2. The largest absolute Gasteiger partial charge is 0.352 e. The van der Waals surface area contributed by atoms with Crippen molar-refractivity contribution in [3.05, 3.63) is 0 Å². The monoisotopic (exact) mass is 267 g/mol. The lowest BCUT2D eigenvalue weighted by atomic mass is 9.73. The first-order valence-electron chi connectivity index (χ1n) is 7.34. The van der Waals surface area contributed by atoms with Crippen molar-refractivity contribution in [3.8, 4) is 0 Å². The molecule has 0 radical (unpaired) electrons. The quantitative estimate of drug-likeness (QED) is 0.787. The van der Waals surface area contributed by atoms with Crippen molar-refractivity contribution in [1.29, 1.82) is 0 Å². The van der Waals surface area contributed by atoms with Gasteiger partial charge in [0.05, 0.1) is 5.41 Å². The third-order valence-electron chi connectivity index (χ3n) is 4.54. The third kappa shape index (κ3) is 3.08. The molecule has 2 rings (SSSR count). The van der Waals surface area contributed by atoms with Crippen molar-refractivity contribution >= 4 is 11.8 Å². The van der Waals surface area contributed by atoms with Crippen LogP contribution in [-0.2, 0) is 9.59 Å². The van der Waals surface area contributed by atoms with E-state index in [0.717, 1.165) is 38.6 Å². The standard InChI is InChI=1S/C14H25N3O2/c1-11(18)16-12-5-8-17(9-12)13(19)14(10-15)6-3-2-4-7-14/h12H,2-10,15H2,1H3,(H,16,18). The van der Waals surface area contributed by atoms with Gasteiger partial charge in [0.1, 0.15) is 0 Å². The normalized spacial score (nSPS) is 26.2. The first-order chi connectivity index (χ1) is 9.07. The predicted octanol–water partition coefficient (Wildman–Crippen LogP) is 0.633. The van der Waals surface area contributed by atoms with E-state index in [1.165, 1.54) is 13.3 Å². The number of rotatable bonds is 3.